The summed E-state index contributed by atoms with van der Waals surface area (Å²) in [6.07, 6.45) is 8.79. The highest BCUT2D eigenvalue weighted by atomic mass is 32.2. The van der Waals surface area contributed by atoms with Gasteiger partial charge in [0.05, 0.1) is 0 Å². The van der Waals surface area contributed by atoms with E-state index >= 15 is 0 Å². The average Bonchev–Trinajstić information content (AvgIpc) is 2.77. The van der Waals surface area contributed by atoms with Crippen LogP contribution in [0.1, 0.15) is 30.9 Å². The van der Waals surface area contributed by atoms with Gasteiger partial charge >= 0.3 is 0 Å². The minimum atomic E-state index is 0.586. The highest BCUT2D eigenvalue weighted by Gasteiger charge is 2.42. The van der Waals surface area contributed by atoms with E-state index in [0.717, 1.165) is 17.9 Å². The fourth-order valence-electron chi connectivity index (χ4n) is 3.68. The van der Waals surface area contributed by atoms with E-state index in [1.807, 2.05) is 11.8 Å². The molecule has 4 rings (SSSR count). The quantitative estimate of drug-likeness (QED) is 0.809. The van der Waals surface area contributed by atoms with Crippen molar-refractivity contribution in [2.75, 3.05) is 5.75 Å². The molecule has 94 valence electrons. The molecule has 1 aromatic rings. The smallest absolute Gasteiger partial charge is 0.0341 e. The molecule has 0 bridgehead atoms. The Morgan fingerprint density at radius 3 is 3.11 bits per heavy atom. The molecule has 2 aliphatic carbocycles. The van der Waals surface area contributed by atoms with Crippen LogP contribution < -0.4 is 5.32 Å². The van der Waals surface area contributed by atoms with Gasteiger partial charge in [-0.05, 0) is 48.5 Å². The highest BCUT2D eigenvalue weighted by molar-refractivity contribution is 7.99. The number of fused-ring (bicyclic) bond motifs is 2. The first-order valence-electron chi connectivity index (χ1n) is 7.06. The molecule has 1 heterocycles. The Hall–Kier alpha value is -0.730. The summed E-state index contributed by atoms with van der Waals surface area (Å²) in [5.41, 5.74) is 1.53. The molecule has 3 aliphatic rings. The van der Waals surface area contributed by atoms with Crippen molar-refractivity contribution in [3.05, 3.63) is 42.0 Å². The maximum absolute atomic E-state index is 3.92. The Kier molecular flexibility index (Phi) is 2.74. The number of rotatable bonds is 2. The Balaban J connectivity index is 1.51. The van der Waals surface area contributed by atoms with Crippen LogP contribution in [0.3, 0.4) is 0 Å². The standard InChI is InChI=1S/C16H19NS/c1-2-7-16-13(5-1)14(8-9-18-16)17-15-10-11-4-3-6-12(11)15/h1-3,5-7,11-12,14-15,17H,4,8-10H2. The number of hydrogen-bond acceptors (Lipinski definition) is 2. The Morgan fingerprint density at radius 1 is 1.22 bits per heavy atom. The monoisotopic (exact) mass is 257 g/mol. The molecular formula is C16H19NS. The van der Waals surface area contributed by atoms with Gasteiger partial charge in [-0.1, -0.05) is 30.4 Å². The second-order valence-corrected chi connectivity index (χ2v) is 6.87. The molecule has 4 unspecified atom stereocenters. The zero-order chi connectivity index (χ0) is 11.9. The van der Waals surface area contributed by atoms with Gasteiger partial charge in [-0.2, -0.15) is 0 Å². The number of hydrogen-bond donors (Lipinski definition) is 1. The maximum Gasteiger partial charge on any atom is 0.0341 e. The summed E-state index contributed by atoms with van der Waals surface area (Å²) in [4.78, 5) is 1.49. The van der Waals surface area contributed by atoms with Gasteiger partial charge in [0.1, 0.15) is 0 Å². The molecule has 18 heavy (non-hydrogen) atoms. The molecule has 0 aromatic heterocycles. The zero-order valence-electron chi connectivity index (χ0n) is 10.5. The van der Waals surface area contributed by atoms with E-state index in [1.165, 1.54) is 35.5 Å². The van der Waals surface area contributed by atoms with E-state index in [-0.39, 0.29) is 0 Å². The Bertz CT molecular complexity index is 482. The van der Waals surface area contributed by atoms with Crippen molar-refractivity contribution >= 4 is 11.8 Å². The van der Waals surface area contributed by atoms with E-state index in [4.69, 9.17) is 0 Å². The minimum absolute atomic E-state index is 0.586. The van der Waals surface area contributed by atoms with E-state index in [1.54, 1.807) is 0 Å². The van der Waals surface area contributed by atoms with Gasteiger partial charge in [0.15, 0.2) is 0 Å². The average molecular weight is 257 g/mol. The number of thioether (sulfide) groups is 1. The van der Waals surface area contributed by atoms with Crippen LogP contribution in [0.5, 0.6) is 0 Å². The number of benzene rings is 1. The molecule has 0 radical (unpaired) electrons. The van der Waals surface area contributed by atoms with Gasteiger partial charge < -0.3 is 5.32 Å². The molecule has 4 atom stereocenters. The second kappa shape index (κ2) is 4.43. The molecule has 1 aliphatic heterocycles. The fraction of sp³-hybridized carbons (Fsp3) is 0.500. The minimum Gasteiger partial charge on any atom is -0.306 e. The summed E-state index contributed by atoms with van der Waals surface area (Å²) in [5, 5.41) is 3.92. The van der Waals surface area contributed by atoms with Crippen molar-refractivity contribution in [3.63, 3.8) is 0 Å². The first kappa shape index (κ1) is 11.1. The van der Waals surface area contributed by atoms with Crippen LogP contribution in [0.25, 0.3) is 0 Å². The molecule has 0 saturated heterocycles. The second-order valence-electron chi connectivity index (χ2n) is 5.74. The molecule has 1 N–H and O–H groups in total. The van der Waals surface area contributed by atoms with Gasteiger partial charge in [-0.15, -0.1) is 11.8 Å². The molecular weight excluding hydrogens is 238 g/mol. The van der Waals surface area contributed by atoms with Crippen molar-refractivity contribution in [3.8, 4) is 0 Å². The van der Waals surface area contributed by atoms with E-state index in [2.05, 4.69) is 41.7 Å². The molecule has 1 nitrogen and oxygen atoms in total. The number of allylic oxidation sites excluding steroid dienone is 1. The predicted octanol–water partition coefficient (Wildman–Crippen LogP) is 3.78. The van der Waals surface area contributed by atoms with Crippen LogP contribution >= 0.6 is 11.8 Å². The van der Waals surface area contributed by atoms with Gasteiger partial charge in [-0.3, -0.25) is 0 Å². The Morgan fingerprint density at radius 2 is 2.17 bits per heavy atom. The highest BCUT2D eigenvalue weighted by Crippen LogP contribution is 2.45. The number of nitrogens with one attached hydrogen (secondary N) is 1. The normalized spacial score (nSPS) is 36.9. The molecule has 1 saturated carbocycles. The van der Waals surface area contributed by atoms with Crippen LogP contribution in [0, 0.1) is 11.8 Å². The van der Waals surface area contributed by atoms with Gasteiger partial charge in [-0.25, -0.2) is 0 Å². The largest absolute Gasteiger partial charge is 0.306 e. The van der Waals surface area contributed by atoms with E-state index in [9.17, 15) is 0 Å². The molecule has 1 fully saturated rings. The van der Waals surface area contributed by atoms with Gasteiger partial charge in [0.2, 0.25) is 0 Å². The van der Waals surface area contributed by atoms with Crippen molar-refractivity contribution < 1.29 is 0 Å². The van der Waals surface area contributed by atoms with Crippen LogP contribution in [0.2, 0.25) is 0 Å². The third-order valence-corrected chi connectivity index (χ3v) is 5.86. The van der Waals surface area contributed by atoms with Crippen molar-refractivity contribution in [2.45, 2.75) is 36.2 Å². The zero-order valence-corrected chi connectivity index (χ0v) is 11.3. The van der Waals surface area contributed by atoms with Crippen molar-refractivity contribution in [1.82, 2.24) is 5.32 Å². The van der Waals surface area contributed by atoms with Crippen LogP contribution in [-0.2, 0) is 0 Å². The molecule has 1 aromatic carbocycles. The third kappa shape index (κ3) is 1.74. The predicted molar refractivity (Wildman–Crippen MR) is 76.8 cm³/mol. The van der Waals surface area contributed by atoms with Gasteiger partial charge in [0, 0.05) is 17.0 Å². The van der Waals surface area contributed by atoms with Crippen LogP contribution in [0.15, 0.2) is 41.3 Å². The first-order chi connectivity index (χ1) is 8.92. The van der Waals surface area contributed by atoms with Gasteiger partial charge in [0.25, 0.3) is 0 Å². The van der Waals surface area contributed by atoms with E-state index < -0.39 is 0 Å². The summed E-state index contributed by atoms with van der Waals surface area (Å²) < 4.78 is 0. The van der Waals surface area contributed by atoms with Crippen LogP contribution in [-0.4, -0.2) is 11.8 Å². The lowest BCUT2D eigenvalue weighted by atomic mass is 9.71. The summed E-state index contributed by atoms with van der Waals surface area (Å²) in [6.45, 7) is 0. The molecule has 0 amide bonds. The van der Waals surface area contributed by atoms with Crippen molar-refractivity contribution in [1.29, 1.82) is 0 Å². The molecule has 0 spiro atoms. The third-order valence-electron chi connectivity index (χ3n) is 4.74. The van der Waals surface area contributed by atoms with Crippen molar-refractivity contribution in [2.24, 2.45) is 11.8 Å². The molecule has 2 heteroatoms. The lowest BCUT2D eigenvalue weighted by molar-refractivity contribution is 0.148. The topological polar surface area (TPSA) is 12.0 Å². The Labute approximate surface area is 113 Å². The summed E-state index contributed by atoms with van der Waals surface area (Å²) in [7, 11) is 0. The summed E-state index contributed by atoms with van der Waals surface area (Å²) >= 11 is 2.01. The summed E-state index contributed by atoms with van der Waals surface area (Å²) in [6, 6.07) is 10.2. The maximum atomic E-state index is 3.92. The lowest BCUT2D eigenvalue weighted by Crippen LogP contribution is -2.49. The lowest BCUT2D eigenvalue weighted by Gasteiger charge is -2.43. The van der Waals surface area contributed by atoms with Crippen LogP contribution in [0.4, 0.5) is 0 Å². The SMILES string of the molecule is C1=CC2C(C1)CC2NC1CCSc2ccccc21. The first-order valence-corrected chi connectivity index (χ1v) is 8.05. The van der Waals surface area contributed by atoms with E-state index in [0.29, 0.717) is 6.04 Å². The fourth-order valence-corrected chi connectivity index (χ4v) is 4.81. The summed E-state index contributed by atoms with van der Waals surface area (Å²) in [5.74, 6) is 3.04.